The maximum absolute atomic E-state index is 5.66. The largest absolute Gasteiger partial charge is 0.291 e. The Morgan fingerprint density at radius 2 is 1.00 bits per heavy atom. The number of imidazole rings is 1. The summed E-state index contributed by atoms with van der Waals surface area (Å²) in [5.74, 6) is 0.939. The number of hydrogen-bond donors (Lipinski definition) is 0. The lowest BCUT2D eigenvalue weighted by molar-refractivity contribution is 0.660. The Hall–Kier alpha value is -6.25. The standard InChI is InChI=1S/C48H34N2/c1-48(2)42-24-14-13-21-38(42)41-29-34(26-28-43(41)48)47-49-45-39-22-11-9-19-36(39)37-20-10-12-23-40(37)46(45)50(47)44-30-33(31-15-5-3-6-16-31)25-27-35(44)32-17-7-4-8-18-32/h3-30H,1-2H3. The molecule has 1 aliphatic carbocycles. The van der Waals surface area contributed by atoms with Gasteiger partial charge in [-0.1, -0.05) is 172 Å². The fourth-order valence-corrected chi connectivity index (χ4v) is 8.38. The van der Waals surface area contributed by atoms with Gasteiger partial charge in [-0.25, -0.2) is 4.98 Å². The maximum atomic E-state index is 5.66. The van der Waals surface area contributed by atoms with Gasteiger partial charge in [-0.3, -0.25) is 4.57 Å². The molecule has 1 heterocycles. The quantitative estimate of drug-likeness (QED) is 0.175. The van der Waals surface area contributed by atoms with Gasteiger partial charge >= 0.3 is 0 Å². The van der Waals surface area contributed by atoms with Crippen LogP contribution in [-0.4, -0.2) is 9.55 Å². The monoisotopic (exact) mass is 638 g/mol. The fraction of sp³-hybridized carbons (Fsp3) is 0.0625. The number of nitrogens with zero attached hydrogens (tertiary/aromatic N) is 2. The molecule has 2 heteroatoms. The minimum atomic E-state index is -0.0680. The highest BCUT2D eigenvalue weighted by Gasteiger charge is 2.35. The second kappa shape index (κ2) is 10.9. The van der Waals surface area contributed by atoms with Crippen molar-refractivity contribution in [3.8, 4) is 50.5 Å². The third kappa shape index (κ3) is 4.18. The van der Waals surface area contributed by atoms with E-state index in [0.717, 1.165) is 39.1 Å². The van der Waals surface area contributed by atoms with Gasteiger partial charge in [-0.15, -0.1) is 0 Å². The lowest BCUT2D eigenvalue weighted by Gasteiger charge is -2.21. The van der Waals surface area contributed by atoms with Crippen molar-refractivity contribution in [1.82, 2.24) is 9.55 Å². The van der Waals surface area contributed by atoms with Crippen molar-refractivity contribution in [2.24, 2.45) is 0 Å². The summed E-state index contributed by atoms with van der Waals surface area (Å²) in [5, 5.41) is 4.80. The zero-order valence-electron chi connectivity index (χ0n) is 28.1. The molecule has 50 heavy (non-hydrogen) atoms. The fourth-order valence-electron chi connectivity index (χ4n) is 8.38. The van der Waals surface area contributed by atoms with Crippen molar-refractivity contribution in [1.29, 1.82) is 0 Å². The Balaban J connectivity index is 1.37. The van der Waals surface area contributed by atoms with Gasteiger partial charge < -0.3 is 0 Å². The SMILES string of the molecule is CC1(C)c2ccccc2-c2cc(-c3nc4c5ccccc5c5ccccc5c4n3-c3cc(-c4ccccc4)ccc3-c3ccccc3)ccc21. The Kier molecular flexibility index (Phi) is 6.25. The predicted octanol–water partition coefficient (Wildman–Crippen LogP) is 12.6. The number of fused-ring (bicyclic) bond motifs is 9. The first-order valence-corrected chi connectivity index (χ1v) is 17.4. The maximum Gasteiger partial charge on any atom is 0.145 e. The summed E-state index contributed by atoms with van der Waals surface area (Å²) in [7, 11) is 0. The van der Waals surface area contributed by atoms with Crippen molar-refractivity contribution >= 4 is 32.6 Å². The molecule has 1 aromatic heterocycles. The summed E-state index contributed by atoms with van der Waals surface area (Å²) in [6, 6.07) is 61.8. The smallest absolute Gasteiger partial charge is 0.145 e. The third-order valence-corrected chi connectivity index (χ3v) is 10.8. The molecule has 2 nitrogen and oxygen atoms in total. The average Bonchev–Trinajstić information content (AvgIpc) is 3.69. The molecule has 9 aromatic rings. The first kappa shape index (κ1) is 28.7. The summed E-state index contributed by atoms with van der Waals surface area (Å²) < 4.78 is 2.45. The summed E-state index contributed by atoms with van der Waals surface area (Å²) in [6.45, 7) is 4.68. The summed E-state index contributed by atoms with van der Waals surface area (Å²) in [4.78, 5) is 5.66. The van der Waals surface area contributed by atoms with Gasteiger partial charge in [-0.2, -0.15) is 0 Å². The highest BCUT2D eigenvalue weighted by atomic mass is 15.1. The molecule has 0 saturated heterocycles. The van der Waals surface area contributed by atoms with E-state index in [1.54, 1.807) is 0 Å². The van der Waals surface area contributed by atoms with Crippen LogP contribution in [0.1, 0.15) is 25.0 Å². The molecule has 8 aromatic carbocycles. The van der Waals surface area contributed by atoms with E-state index >= 15 is 0 Å². The van der Waals surface area contributed by atoms with E-state index in [9.17, 15) is 0 Å². The highest BCUT2D eigenvalue weighted by molar-refractivity contribution is 6.24. The molecular weight excluding hydrogens is 605 g/mol. The predicted molar refractivity (Wildman–Crippen MR) is 210 cm³/mol. The molecule has 0 aliphatic heterocycles. The van der Waals surface area contributed by atoms with Crippen molar-refractivity contribution < 1.29 is 0 Å². The Labute approximate surface area is 291 Å². The Bertz CT molecular complexity index is 2770. The van der Waals surface area contributed by atoms with Crippen molar-refractivity contribution in [3.63, 3.8) is 0 Å². The van der Waals surface area contributed by atoms with Gasteiger partial charge in [0.1, 0.15) is 5.82 Å². The van der Waals surface area contributed by atoms with Crippen LogP contribution < -0.4 is 0 Å². The van der Waals surface area contributed by atoms with E-state index in [1.807, 2.05) is 0 Å². The van der Waals surface area contributed by atoms with Crippen molar-refractivity contribution in [3.05, 3.63) is 181 Å². The van der Waals surface area contributed by atoms with Crippen LogP contribution in [0.15, 0.2) is 170 Å². The van der Waals surface area contributed by atoms with E-state index in [2.05, 4.69) is 188 Å². The molecule has 0 bridgehead atoms. The van der Waals surface area contributed by atoms with Gasteiger partial charge in [0, 0.05) is 27.3 Å². The van der Waals surface area contributed by atoms with Gasteiger partial charge in [0.25, 0.3) is 0 Å². The molecule has 10 rings (SSSR count). The summed E-state index contributed by atoms with van der Waals surface area (Å²) >= 11 is 0. The zero-order chi connectivity index (χ0) is 33.4. The van der Waals surface area contributed by atoms with Crippen LogP contribution in [0.4, 0.5) is 0 Å². The van der Waals surface area contributed by atoms with Crippen molar-refractivity contribution in [2.75, 3.05) is 0 Å². The lowest BCUT2D eigenvalue weighted by atomic mass is 9.82. The molecule has 0 atom stereocenters. The minimum absolute atomic E-state index is 0.0680. The normalized spacial score (nSPS) is 13.2. The Morgan fingerprint density at radius 1 is 0.420 bits per heavy atom. The van der Waals surface area contributed by atoms with E-state index in [4.69, 9.17) is 4.98 Å². The van der Waals surface area contributed by atoms with E-state index in [0.29, 0.717) is 0 Å². The van der Waals surface area contributed by atoms with E-state index < -0.39 is 0 Å². The number of aromatic nitrogens is 2. The first-order chi connectivity index (χ1) is 24.6. The Morgan fingerprint density at radius 3 is 1.76 bits per heavy atom. The van der Waals surface area contributed by atoms with Gasteiger partial charge in [0.05, 0.1) is 16.7 Å². The van der Waals surface area contributed by atoms with Crippen molar-refractivity contribution in [2.45, 2.75) is 19.3 Å². The number of rotatable bonds is 4. The zero-order valence-corrected chi connectivity index (χ0v) is 28.1. The summed E-state index contributed by atoms with van der Waals surface area (Å²) in [5.41, 5.74) is 14.3. The topological polar surface area (TPSA) is 17.8 Å². The van der Waals surface area contributed by atoms with Crippen LogP contribution >= 0.6 is 0 Å². The van der Waals surface area contributed by atoms with Gasteiger partial charge in [-0.05, 0) is 61.8 Å². The second-order valence-electron chi connectivity index (χ2n) is 14.0. The summed E-state index contributed by atoms with van der Waals surface area (Å²) in [6.07, 6.45) is 0. The molecular formula is C48H34N2. The molecule has 0 fully saturated rings. The van der Waals surface area contributed by atoms with Gasteiger partial charge in [0.2, 0.25) is 0 Å². The van der Waals surface area contributed by atoms with Crippen LogP contribution in [-0.2, 0) is 5.41 Å². The molecule has 0 amide bonds. The molecule has 1 aliphatic rings. The second-order valence-corrected chi connectivity index (χ2v) is 14.0. The number of hydrogen-bond acceptors (Lipinski definition) is 1. The molecule has 0 spiro atoms. The van der Waals surface area contributed by atoms with Crippen LogP contribution in [0.3, 0.4) is 0 Å². The van der Waals surface area contributed by atoms with Crippen LogP contribution in [0.25, 0.3) is 83.0 Å². The van der Waals surface area contributed by atoms with Crippen LogP contribution in [0, 0.1) is 0 Å². The van der Waals surface area contributed by atoms with E-state index in [1.165, 1.54) is 55.1 Å². The third-order valence-electron chi connectivity index (χ3n) is 10.8. The lowest BCUT2D eigenvalue weighted by Crippen LogP contribution is -2.14. The number of benzene rings is 8. The molecule has 0 saturated carbocycles. The molecule has 236 valence electrons. The van der Waals surface area contributed by atoms with Gasteiger partial charge in [0.15, 0.2) is 0 Å². The van der Waals surface area contributed by atoms with E-state index in [-0.39, 0.29) is 5.41 Å². The highest BCUT2D eigenvalue weighted by Crippen LogP contribution is 2.50. The molecule has 0 radical (unpaired) electrons. The van der Waals surface area contributed by atoms with Crippen LogP contribution in [0.2, 0.25) is 0 Å². The molecule has 0 N–H and O–H groups in total. The average molecular weight is 639 g/mol. The minimum Gasteiger partial charge on any atom is -0.291 e. The molecule has 0 unspecified atom stereocenters. The van der Waals surface area contributed by atoms with Crippen LogP contribution in [0.5, 0.6) is 0 Å². The first-order valence-electron chi connectivity index (χ1n) is 17.4.